The molecule has 0 saturated heterocycles. The van der Waals surface area contributed by atoms with Crippen LogP contribution < -0.4 is 4.74 Å². The first kappa shape index (κ1) is 16.9. The molecule has 1 N–H and O–H groups in total. The maximum absolute atomic E-state index is 10.9. The minimum atomic E-state index is -1.07. The zero-order chi connectivity index (χ0) is 16.8. The summed E-state index contributed by atoms with van der Waals surface area (Å²) in [7, 11) is 0. The Balaban J connectivity index is 1.94. The van der Waals surface area contributed by atoms with Gasteiger partial charge in [0.2, 0.25) is 5.76 Å². The fourth-order valence-electron chi connectivity index (χ4n) is 2.18. The van der Waals surface area contributed by atoms with Gasteiger partial charge in [0.1, 0.15) is 17.9 Å². The quantitative estimate of drug-likeness (QED) is 0.713. The van der Waals surface area contributed by atoms with E-state index in [1.54, 1.807) is 12.1 Å². The lowest BCUT2D eigenvalue weighted by atomic mass is 10.1. The van der Waals surface area contributed by atoms with E-state index in [0.29, 0.717) is 17.9 Å². The number of furan rings is 1. The first-order chi connectivity index (χ1) is 11.0. The number of carboxylic acids is 1. The number of rotatable bonds is 7. The van der Waals surface area contributed by atoms with Gasteiger partial charge in [-0.15, -0.1) is 0 Å². The minimum Gasteiger partial charge on any atom is -0.489 e. The summed E-state index contributed by atoms with van der Waals surface area (Å²) >= 11 is 0. The number of carbonyl (C=O) groups is 1. The molecule has 4 nitrogen and oxygen atoms in total. The predicted octanol–water partition coefficient (Wildman–Crippen LogP) is 5.20. The van der Waals surface area contributed by atoms with E-state index in [4.69, 9.17) is 14.3 Å². The van der Waals surface area contributed by atoms with Crippen molar-refractivity contribution >= 4 is 16.9 Å². The summed E-state index contributed by atoms with van der Waals surface area (Å²) in [4.78, 5) is 10.9. The van der Waals surface area contributed by atoms with Crippen LogP contribution in [-0.2, 0) is 0 Å². The van der Waals surface area contributed by atoms with E-state index in [-0.39, 0.29) is 5.76 Å². The zero-order valence-electron chi connectivity index (χ0n) is 13.8. The molecule has 0 atom stereocenters. The molecule has 0 amide bonds. The summed E-state index contributed by atoms with van der Waals surface area (Å²) in [6, 6.07) is 6.84. The van der Waals surface area contributed by atoms with Gasteiger partial charge in [-0.05, 0) is 57.9 Å². The van der Waals surface area contributed by atoms with Crippen molar-refractivity contribution in [1.82, 2.24) is 0 Å². The molecule has 0 aliphatic carbocycles. The average Bonchev–Trinajstić information content (AvgIpc) is 2.90. The maximum atomic E-state index is 10.9. The van der Waals surface area contributed by atoms with Crippen LogP contribution in [-0.4, -0.2) is 17.7 Å². The van der Waals surface area contributed by atoms with Gasteiger partial charge in [0.15, 0.2) is 0 Å². The number of ether oxygens (including phenoxy) is 1. The molecule has 1 heterocycles. The van der Waals surface area contributed by atoms with Gasteiger partial charge in [-0.25, -0.2) is 4.79 Å². The Morgan fingerprint density at radius 1 is 1.22 bits per heavy atom. The topological polar surface area (TPSA) is 59.7 Å². The molecule has 0 saturated carbocycles. The highest BCUT2D eigenvalue weighted by Gasteiger charge is 2.10. The second-order valence-electron chi connectivity index (χ2n) is 5.80. The summed E-state index contributed by atoms with van der Waals surface area (Å²) in [5, 5.41) is 9.68. The van der Waals surface area contributed by atoms with Crippen LogP contribution in [0.3, 0.4) is 0 Å². The molecule has 23 heavy (non-hydrogen) atoms. The third-order valence-electron chi connectivity index (χ3n) is 3.48. The third kappa shape index (κ3) is 5.02. The van der Waals surface area contributed by atoms with E-state index >= 15 is 0 Å². The zero-order valence-corrected chi connectivity index (χ0v) is 13.8. The molecule has 122 valence electrons. The van der Waals surface area contributed by atoms with Crippen LogP contribution >= 0.6 is 0 Å². The van der Waals surface area contributed by atoms with E-state index in [9.17, 15) is 4.79 Å². The molecule has 2 aromatic rings. The normalized spacial score (nSPS) is 11.5. The largest absolute Gasteiger partial charge is 0.489 e. The molecule has 0 spiro atoms. The molecule has 0 aliphatic heterocycles. The van der Waals surface area contributed by atoms with Crippen LogP contribution in [0.25, 0.3) is 11.0 Å². The smallest absolute Gasteiger partial charge is 0.371 e. The van der Waals surface area contributed by atoms with E-state index in [2.05, 4.69) is 32.9 Å². The van der Waals surface area contributed by atoms with Gasteiger partial charge in [0.05, 0.1) is 0 Å². The molecule has 4 heteroatoms. The number of benzene rings is 1. The lowest BCUT2D eigenvalue weighted by molar-refractivity contribution is 0.0665. The molecular formula is C19H22O4. The lowest BCUT2D eigenvalue weighted by Gasteiger charge is -2.04. The minimum absolute atomic E-state index is 0.0628. The summed E-state index contributed by atoms with van der Waals surface area (Å²) in [6.07, 6.45) is 6.35. The molecule has 0 radical (unpaired) electrons. The first-order valence-electron chi connectivity index (χ1n) is 7.64. The van der Waals surface area contributed by atoms with Gasteiger partial charge in [-0.3, -0.25) is 0 Å². The van der Waals surface area contributed by atoms with Crippen molar-refractivity contribution in [2.24, 2.45) is 0 Å². The SMILES string of the molecule is CC(C)=CCCC(C)=CCOc1ccc2cc(C(=O)O)oc2c1. The Hall–Kier alpha value is -2.49. The van der Waals surface area contributed by atoms with Crippen molar-refractivity contribution in [3.05, 3.63) is 53.3 Å². The lowest BCUT2D eigenvalue weighted by Crippen LogP contribution is -1.94. The monoisotopic (exact) mass is 314 g/mol. The maximum Gasteiger partial charge on any atom is 0.371 e. The highest BCUT2D eigenvalue weighted by atomic mass is 16.5. The summed E-state index contributed by atoms with van der Waals surface area (Å²) in [5.74, 6) is -0.470. The second kappa shape index (κ2) is 7.68. The van der Waals surface area contributed by atoms with Gasteiger partial charge >= 0.3 is 5.97 Å². The standard InChI is InChI=1S/C19H22O4/c1-13(2)5-4-6-14(3)9-10-22-16-8-7-15-11-18(19(20)21)23-17(15)12-16/h5,7-9,11-12H,4,6,10H2,1-3H3,(H,20,21). The Morgan fingerprint density at radius 3 is 2.70 bits per heavy atom. The number of hydrogen-bond acceptors (Lipinski definition) is 3. The highest BCUT2D eigenvalue weighted by molar-refractivity contribution is 5.91. The van der Waals surface area contributed by atoms with E-state index in [1.165, 1.54) is 17.2 Å². The first-order valence-corrected chi connectivity index (χ1v) is 7.64. The van der Waals surface area contributed by atoms with Gasteiger partial charge in [0.25, 0.3) is 0 Å². The third-order valence-corrected chi connectivity index (χ3v) is 3.48. The van der Waals surface area contributed by atoms with Crippen molar-refractivity contribution in [3.8, 4) is 5.75 Å². The summed E-state index contributed by atoms with van der Waals surface area (Å²) in [5.41, 5.74) is 3.14. The number of allylic oxidation sites excluding steroid dienone is 3. The molecule has 0 bridgehead atoms. The van der Waals surface area contributed by atoms with Crippen LogP contribution in [0.1, 0.15) is 44.2 Å². The predicted molar refractivity (Wildman–Crippen MR) is 91.1 cm³/mol. The van der Waals surface area contributed by atoms with Crippen LogP contribution in [0.4, 0.5) is 0 Å². The van der Waals surface area contributed by atoms with Crippen molar-refractivity contribution in [2.45, 2.75) is 33.6 Å². The van der Waals surface area contributed by atoms with Crippen LogP contribution in [0, 0.1) is 0 Å². The van der Waals surface area contributed by atoms with Crippen molar-refractivity contribution < 1.29 is 19.1 Å². The van der Waals surface area contributed by atoms with Crippen molar-refractivity contribution in [3.63, 3.8) is 0 Å². The summed E-state index contributed by atoms with van der Waals surface area (Å²) in [6.45, 7) is 6.78. The molecule has 0 aliphatic rings. The Kier molecular flexibility index (Phi) is 5.63. The number of aromatic carboxylic acids is 1. The van der Waals surface area contributed by atoms with Gasteiger partial charge < -0.3 is 14.3 Å². The van der Waals surface area contributed by atoms with Gasteiger partial charge in [-0.1, -0.05) is 17.2 Å². The van der Waals surface area contributed by atoms with Crippen molar-refractivity contribution in [1.29, 1.82) is 0 Å². The Morgan fingerprint density at radius 2 is 2.00 bits per heavy atom. The molecular weight excluding hydrogens is 292 g/mol. The van der Waals surface area contributed by atoms with E-state index in [1.807, 2.05) is 6.07 Å². The van der Waals surface area contributed by atoms with Gasteiger partial charge in [0, 0.05) is 11.5 Å². The average molecular weight is 314 g/mol. The fraction of sp³-hybridized carbons (Fsp3) is 0.316. The van der Waals surface area contributed by atoms with Crippen LogP contribution in [0.5, 0.6) is 5.75 Å². The molecule has 1 aromatic heterocycles. The summed E-state index contributed by atoms with van der Waals surface area (Å²) < 4.78 is 11.0. The highest BCUT2D eigenvalue weighted by Crippen LogP contribution is 2.24. The number of carboxylic acid groups (broad SMARTS) is 1. The molecule has 1 aromatic carbocycles. The van der Waals surface area contributed by atoms with Crippen LogP contribution in [0.2, 0.25) is 0 Å². The second-order valence-corrected chi connectivity index (χ2v) is 5.80. The number of fused-ring (bicyclic) bond motifs is 1. The fourth-order valence-corrected chi connectivity index (χ4v) is 2.18. The Bertz CT molecular complexity index is 746. The molecule has 0 fully saturated rings. The van der Waals surface area contributed by atoms with E-state index < -0.39 is 5.97 Å². The van der Waals surface area contributed by atoms with Crippen molar-refractivity contribution in [2.75, 3.05) is 6.61 Å². The molecule has 2 rings (SSSR count). The van der Waals surface area contributed by atoms with Crippen LogP contribution in [0.15, 0.2) is 52.0 Å². The Labute approximate surface area is 136 Å². The number of hydrogen-bond donors (Lipinski definition) is 1. The van der Waals surface area contributed by atoms with Gasteiger partial charge in [-0.2, -0.15) is 0 Å². The van der Waals surface area contributed by atoms with E-state index in [0.717, 1.165) is 18.2 Å². The molecule has 0 unspecified atom stereocenters.